The van der Waals surface area contributed by atoms with Gasteiger partial charge < -0.3 is 19.0 Å². The van der Waals surface area contributed by atoms with Crippen molar-refractivity contribution in [3.63, 3.8) is 0 Å². The molecule has 1 N–H and O–H groups in total. The van der Waals surface area contributed by atoms with Gasteiger partial charge >= 0.3 is 17.4 Å². The number of aliphatic hydroxyl groups is 1. The summed E-state index contributed by atoms with van der Waals surface area (Å²) in [6, 6.07) is 14.1. The smallest absolute Gasteiger partial charge is 0.379 e. The van der Waals surface area contributed by atoms with Crippen molar-refractivity contribution in [3.8, 4) is 5.75 Å². The van der Waals surface area contributed by atoms with Gasteiger partial charge in [-0.05, 0) is 29.8 Å². The standard InChI is InChI=1S/C20H15BrO6/c1-25-19(23)20(24)10-14(11-6-8-12(21)9-7-11)16-17(27-20)13-4-2-3-5-15(13)26-18(16)22/h2-9,14,24H,10H2,1H3/t14-,20?/m1/s1. The van der Waals surface area contributed by atoms with Crippen molar-refractivity contribution in [2.45, 2.75) is 18.1 Å². The van der Waals surface area contributed by atoms with Crippen LogP contribution < -0.4 is 10.4 Å². The van der Waals surface area contributed by atoms with Gasteiger partial charge in [0.1, 0.15) is 11.3 Å². The second kappa shape index (κ2) is 6.51. The van der Waals surface area contributed by atoms with E-state index in [0.29, 0.717) is 11.0 Å². The first-order valence-corrected chi connectivity index (χ1v) is 9.03. The molecule has 6 nitrogen and oxygen atoms in total. The third-order valence-corrected chi connectivity index (χ3v) is 5.20. The molecule has 0 spiro atoms. The highest BCUT2D eigenvalue weighted by Crippen LogP contribution is 2.45. The monoisotopic (exact) mass is 430 g/mol. The molecule has 2 aromatic carbocycles. The molecule has 27 heavy (non-hydrogen) atoms. The van der Waals surface area contributed by atoms with E-state index in [1.165, 1.54) is 7.11 Å². The largest absolute Gasteiger partial charge is 0.464 e. The Bertz CT molecular complexity index is 1090. The number of carbonyl (C=O) groups excluding carboxylic acids is 1. The van der Waals surface area contributed by atoms with E-state index >= 15 is 0 Å². The van der Waals surface area contributed by atoms with Crippen molar-refractivity contribution in [3.05, 3.63) is 74.6 Å². The van der Waals surface area contributed by atoms with Gasteiger partial charge in [0.25, 0.3) is 0 Å². The van der Waals surface area contributed by atoms with Crippen molar-refractivity contribution in [1.29, 1.82) is 0 Å². The molecule has 0 bridgehead atoms. The quantitative estimate of drug-likeness (QED) is 0.495. The maximum atomic E-state index is 12.7. The lowest BCUT2D eigenvalue weighted by Crippen LogP contribution is -2.50. The third-order valence-electron chi connectivity index (χ3n) is 4.68. The van der Waals surface area contributed by atoms with Crippen LogP contribution in [0.25, 0.3) is 11.0 Å². The number of benzene rings is 2. The molecule has 1 aliphatic heterocycles. The van der Waals surface area contributed by atoms with Crippen LogP contribution in [0.5, 0.6) is 5.75 Å². The van der Waals surface area contributed by atoms with E-state index < -0.39 is 23.3 Å². The van der Waals surface area contributed by atoms with Gasteiger partial charge in [0, 0.05) is 16.8 Å². The Morgan fingerprint density at radius 2 is 1.93 bits per heavy atom. The van der Waals surface area contributed by atoms with Crippen LogP contribution in [0.4, 0.5) is 0 Å². The van der Waals surface area contributed by atoms with Gasteiger partial charge in [-0.3, -0.25) is 0 Å². The van der Waals surface area contributed by atoms with Gasteiger partial charge in [0.05, 0.1) is 18.1 Å². The summed E-state index contributed by atoms with van der Waals surface area (Å²) in [5.74, 6) is -3.61. The van der Waals surface area contributed by atoms with Gasteiger partial charge in [0.2, 0.25) is 0 Å². The lowest BCUT2D eigenvalue weighted by molar-refractivity contribution is -0.202. The Morgan fingerprint density at radius 3 is 2.63 bits per heavy atom. The number of hydrogen-bond acceptors (Lipinski definition) is 6. The van der Waals surface area contributed by atoms with E-state index in [-0.39, 0.29) is 17.7 Å². The van der Waals surface area contributed by atoms with E-state index in [0.717, 1.165) is 10.0 Å². The van der Waals surface area contributed by atoms with E-state index in [2.05, 4.69) is 15.9 Å². The summed E-state index contributed by atoms with van der Waals surface area (Å²) >= 11 is 3.38. The average molecular weight is 431 g/mol. The van der Waals surface area contributed by atoms with Crippen LogP contribution in [0.2, 0.25) is 0 Å². The highest BCUT2D eigenvalue weighted by Gasteiger charge is 2.49. The molecule has 2 heterocycles. The number of rotatable bonds is 2. The summed E-state index contributed by atoms with van der Waals surface area (Å²) in [6.45, 7) is 0. The molecule has 3 aromatic rings. The van der Waals surface area contributed by atoms with Crippen molar-refractivity contribution in [2.24, 2.45) is 0 Å². The van der Waals surface area contributed by atoms with Crippen LogP contribution in [-0.2, 0) is 9.53 Å². The topological polar surface area (TPSA) is 86.0 Å². The summed E-state index contributed by atoms with van der Waals surface area (Å²) in [5.41, 5.74) is 0.755. The zero-order chi connectivity index (χ0) is 19.2. The molecular formula is C20H15BrO6. The predicted octanol–water partition coefficient (Wildman–Crippen LogP) is 3.33. The number of methoxy groups -OCH3 is 1. The lowest BCUT2D eigenvalue weighted by atomic mass is 9.83. The zero-order valence-corrected chi connectivity index (χ0v) is 15.9. The zero-order valence-electron chi connectivity index (χ0n) is 14.3. The highest BCUT2D eigenvalue weighted by molar-refractivity contribution is 9.10. The molecule has 7 heteroatoms. The molecule has 1 aliphatic rings. The van der Waals surface area contributed by atoms with E-state index in [9.17, 15) is 14.7 Å². The summed E-state index contributed by atoms with van der Waals surface area (Å²) in [5, 5.41) is 11.4. The van der Waals surface area contributed by atoms with E-state index in [1.807, 2.05) is 24.3 Å². The molecule has 0 saturated heterocycles. The molecule has 4 rings (SSSR count). The first-order chi connectivity index (χ1) is 12.9. The summed E-state index contributed by atoms with van der Waals surface area (Å²) in [6.07, 6.45) is -0.169. The Morgan fingerprint density at radius 1 is 1.22 bits per heavy atom. The fourth-order valence-electron chi connectivity index (χ4n) is 3.40. The summed E-state index contributed by atoms with van der Waals surface area (Å²) < 4.78 is 16.7. The Balaban J connectivity index is 2.00. The minimum Gasteiger partial charge on any atom is -0.464 e. The Labute approximate surface area is 162 Å². The van der Waals surface area contributed by atoms with Crippen molar-refractivity contribution < 1.29 is 23.8 Å². The second-order valence-electron chi connectivity index (χ2n) is 6.31. The Hall–Kier alpha value is -2.64. The molecule has 0 fully saturated rings. The van der Waals surface area contributed by atoms with Crippen LogP contribution >= 0.6 is 15.9 Å². The van der Waals surface area contributed by atoms with Crippen LogP contribution in [0, 0.1) is 0 Å². The van der Waals surface area contributed by atoms with Gasteiger partial charge in [-0.25, -0.2) is 9.59 Å². The number of para-hydroxylation sites is 1. The molecule has 1 aromatic heterocycles. The molecule has 0 amide bonds. The highest BCUT2D eigenvalue weighted by atomic mass is 79.9. The lowest BCUT2D eigenvalue weighted by Gasteiger charge is -2.36. The first-order valence-electron chi connectivity index (χ1n) is 8.24. The third kappa shape index (κ3) is 2.93. The number of esters is 1. The maximum absolute atomic E-state index is 12.7. The normalized spacial score (nSPS) is 21.4. The van der Waals surface area contributed by atoms with Gasteiger partial charge in [-0.2, -0.15) is 0 Å². The molecule has 138 valence electrons. The Kier molecular flexibility index (Phi) is 4.28. The molecular weight excluding hydrogens is 416 g/mol. The van der Waals surface area contributed by atoms with Crippen LogP contribution in [0.15, 0.2) is 62.2 Å². The molecule has 0 saturated carbocycles. The molecule has 2 atom stereocenters. The minimum absolute atomic E-state index is 0.133. The first kappa shape index (κ1) is 17.8. The number of carbonyl (C=O) groups is 1. The van der Waals surface area contributed by atoms with Gasteiger partial charge in [-0.15, -0.1) is 0 Å². The molecule has 1 unspecified atom stereocenters. The maximum Gasteiger partial charge on any atom is 0.379 e. The SMILES string of the molecule is COC(=O)C1(O)C[C@H](c2ccc(Br)cc2)c2c(c3ccccc3oc2=O)O1. The number of halogens is 1. The fourth-order valence-corrected chi connectivity index (χ4v) is 3.66. The average Bonchev–Trinajstić information content (AvgIpc) is 2.67. The van der Waals surface area contributed by atoms with E-state index in [4.69, 9.17) is 13.9 Å². The van der Waals surface area contributed by atoms with Crippen LogP contribution in [-0.4, -0.2) is 24.0 Å². The van der Waals surface area contributed by atoms with Crippen molar-refractivity contribution >= 4 is 32.9 Å². The number of fused-ring (bicyclic) bond motifs is 3. The van der Waals surface area contributed by atoms with Crippen molar-refractivity contribution in [1.82, 2.24) is 0 Å². The minimum atomic E-state index is -2.21. The fraction of sp³-hybridized carbons (Fsp3) is 0.200. The summed E-state index contributed by atoms with van der Waals surface area (Å²) in [4.78, 5) is 25.0. The van der Waals surface area contributed by atoms with Gasteiger partial charge in [-0.1, -0.05) is 40.2 Å². The predicted molar refractivity (Wildman–Crippen MR) is 101 cm³/mol. The van der Waals surface area contributed by atoms with Gasteiger partial charge in [0.15, 0.2) is 0 Å². The number of hydrogen-bond donors (Lipinski definition) is 1. The van der Waals surface area contributed by atoms with Crippen LogP contribution in [0.1, 0.15) is 23.5 Å². The number of ether oxygens (including phenoxy) is 2. The second-order valence-corrected chi connectivity index (χ2v) is 7.23. The molecule has 0 aliphatic carbocycles. The molecule has 0 radical (unpaired) electrons. The van der Waals surface area contributed by atoms with Crippen LogP contribution in [0.3, 0.4) is 0 Å². The summed E-state index contributed by atoms with van der Waals surface area (Å²) in [7, 11) is 1.17. The van der Waals surface area contributed by atoms with Crippen molar-refractivity contribution in [2.75, 3.05) is 7.11 Å². The van der Waals surface area contributed by atoms with E-state index in [1.54, 1.807) is 24.3 Å².